The molecule has 1 aromatic carbocycles. The number of carbonyl (C=O) groups excluding carboxylic acids is 1. The molecule has 1 N–H and O–H groups in total. The van der Waals surface area contributed by atoms with Crippen molar-refractivity contribution in [1.29, 1.82) is 0 Å². The van der Waals surface area contributed by atoms with Gasteiger partial charge in [-0.3, -0.25) is 14.9 Å². The lowest BCUT2D eigenvalue weighted by molar-refractivity contribution is -0.384. The first-order chi connectivity index (χ1) is 11.6. The van der Waals surface area contributed by atoms with Gasteiger partial charge in [0.15, 0.2) is 0 Å². The lowest BCUT2D eigenvalue weighted by Crippen LogP contribution is -2.46. The van der Waals surface area contributed by atoms with Gasteiger partial charge in [0.1, 0.15) is 5.69 Å². The Morgan fingerprint density at radius 2 is 1.71 bits per heavy atom. The van der Waals surface area contributed by atoms with E-state index in [1.54, 1.807) is 18.2 Å². The van der Waals surface area contributed by atoms with Crippen molar-refractivity contribution in [2.75, 3.05) is 31.1 Å². The summed E-state index contributed by atoms with van der Waals surface area (Å²) in [6.07, 6.45) is 2.45. The third kappa shape index (κ3) is 3.51. The van der Waals surface area contributed by atoms with Gasteiger partial charge >= 0.3 is 0 Å². The monoisotopic (exact) mass is 333 g/mol. The fourth-order valence-corrected chi connectivity index (χ4v) is 3.60. The smallest absolute Gasteiger partial charge is 0.292 e. The third-order valence-electron chi connectivity index (χ3n) is 5.04. The maximum atomic E-state index is 12.6. The molecule has 7 heteroatoms. The number of aliphatic hydroxyl groups excluding tert-OH is 1. The molecule has 1 amide bonds. The zero-order valence-electron chi connectivity index (χ0n) is 13.6. The predicted octanol–water partition coefficient (Wildman–Crippen LogP) is 1.79. The highest BCUT2D eigenvalue weighted by molar-refractivity contribution is 5.79. The van der Waals surface area contributed by atoms with Crippen LogP contribution < -0.4 is 4.90 Å². The maximum absolute atomic E-state index is 12.6. The molecule has 0 saturated carbocycles. The van der Waals surface area contributed by atoms with E-state index in [1.165, 1.54) is 6.07 Å². The van der Waals surface area contributed by atoms with E-state index in [-0.39, 0.29) is 28.5 Å². The largest absolute Gasteiger partial charge is 0.393 e. The number of aliphatic hydroxyl groups is 1. The van der Waals surface area contributed by atoms with E-state index in [2.05, 4.69) is 0 Å². The lowest BCUT2D eigenvalue weighted by Gasteiger charge is -2.37. The van der Waals surface area contributed by atoms with Crippen LogP contribution in [0.3, 0.4) is 0 Å². The van der Waals surface area contributed by atoms with Gasteiger partial charge in [-0.2, -0.15) is 0 Å². The first-order valence-electron chi connectivity index (χ1n) is 8.51. The van der Waals surface area contributed by atoms with E-state index in [0.29, 0.717) is 57.5 Å². The van der Waals surface area contributed by atoms with Gasteiger partial charge in [0, 0.05) is 38.2 Å². The number of nitro groups is 1. The molecule has 2 heterocycles. The molecule has 2 aliphatic heterocycles. The highest BCUT2D eigenvalue weighted by Gasteiger charge is 2.31. The minimum Gasteiger partial charge on any atom is -0.393 e. The van der Waals surface area contributed by atoms with Crippen LogP contribution in [-0.2, 0) is 4.79 Å². The van der Waals surface area contributed by atoms with Gasteiger partial charge in [0.05, 0.1) is 11.0 Å². The minimum atomic E-state index is -0.356. The van der Waals surface area contributed by atoms with Gasteiger partial charge in [0.2, 0.25) is 5.91 Å². The molecule has 0 aromatic heterocycles. The average molecular weight is 333 g/mol. The number of carbonyl (C=O) groups is 1. The van der Waals surface area contributed by atoms with E-state index in [9.17, 15) is 20.0 Å². The molecule has 7 nitrogen and oxygen atoms in total. The summed E-state index contributed by atoms with van der Waals surface area (Å²) in [7, 11) is 0. The highest BCUT2D eigenvalue weighted by Crippen LogP contribution is 2.31. The fourth-order valence-electron chi connectivity index (χ4n) is 3.60. The Morgan fingerprint density at radius 1 is 1.08 bits per heavy atom. The quantitative estimate of drug-likeness (QED) is 0.673. The number of piperidine rings is 2. The molecule has 0 atom stereocenters. The molecule has 0 aliphatic carbocycles. The van der Waals surface area contributed by atoms with Crippen molar-refractivity contribution in [1.82, 2.24) is 4.90 Å². The minimum absolute atomic E-state index is 0.0146. The number of benzene rings is 1. The number of hydrogen-bond donors (Lipinski definition) is 1. The predicted molar refractivity (Wildman–Crippen MR) is 89.9 cm³/mol. The SMILES string of the molecule is O=C(C1CCN(c2ccccc2[N+](=O)[O-])CC1)N1CCC(O)CC1. The first-order valence-corrected chi connectivity index (χ1v) is 8.51. The molecule has 3 rings (SSSR count). The number of likely N-dealkylation sites (tertiary alicyclic amines) is 1. The van der Waals surface area contributed by atoms with Crippen molar-refractivity contribution < 1.29 is 14.8 Å². The van der Waals surface area contributed by atoms with Crippen LogP contribution in [0.15, 0.2) is 24.3 Å². The second-order valence-corrected chi connectivity index (χ2v) is 6.56. The lowest BCUT2D eigenvalue weighted by atomic mass is 9.93. The molecule has 2 aliphatic rings. The maximum Gasteiger partial charge on any atom is 0.292 e. The van der Waals surface area contributed by atoms with Crippen LogP contribution in [0.25, 0.3) is 0 Å². The molecule has 1 aromatic rings. The Bertz CT molecular complexity index is 606. The Labute approximate surface area is 141 Å². The van der Waals surface area contributed by atoms with Crippen LogP contribution >= 0.6 is 0 Å². The molecule has 24 heavy (non-hydrogen) atoms. The van der Waals surface area contributed by atoms with Crippen LogP contribution in [0.5, 0.6) is 0 Å². The molecule has 2 saturated heterocycles. The number of para-hydroxylation sites is 2. The standard InChI is InChI=1S/C17H23N3O4/c21-14-7-11-19(12-8-14)17(22)13-5-9-18(10-6-13)15-3-1-2-4-16(15)20(23)24/h1-4,13-14,21H,5-12H2. The van der Waals surface area contributed by atoms with E-state index in [0.717, 1.165) is 0 Å². The average Bonchev–Trinajstić information content (AvgIpc) is 2.62. The molecule has 0 radical (unpaired) electrons. The van der Waals surface area contributed by atoms with Gasteiger partial charge in [0.25, 0.3) is 5.69 Å². The van der Waals surface area contributed by atoms with Crippen molar-refractivity contribution >= 4 is 17.3 Å². The Hall–Kier alpha value is -2.15. The Kier molecular flexibility index (Phi) is 4.99. The van der Waals surface area contributed by atoms with Crippen molar-refractivity contribution in [3.63, 3.8) is 0 Å². The van der Waals surface area contributed by atoms with Crippen LogP contribution in [0.4, 0.5) is 11.4 Å². The van der Waals surface area contributed by atoms with Crippen molar-refractivity contribution in [2.45, 2.75) is 31.8 Å². The van der Waals surface area contributed by atoms with Gasteiger partial charge in [-0.15, -0.1) is 0 Å². The molecule has 2 fully saturated rings. The summed E-state index contributed by atoms with van der Waals surface area (Å²) in [5, 5.41) is 20.7. The van der Waals surface area contributed by atoms with Crippen LogP contribution in [0.1, 0.15) is 25.7 Å². The normalized spacial score (nSPS) is 20.2. The number of nitrogens with zero attached hydrogens (tertiary/aromatic N) is 3. The van der Waals surface area contributed by atoms with Crippen LogP contribution in [0, 0.1) is 16.0 Å². The summed E-state index contributed by atoms with van der Waals surface area (Å²) in [5.74, 6) is 0.156. The summed E-state index contributed by atoms with van der Waals surface area (Å²) in [4.78, 5) is 27.3. The van der Waals surface area contributed by atoms with Crippen molar-refractivity contribution in [3.05, 3.63) is 34.4 Å². The van der Waals surface area contributed by atoms with Gasteiger partial charge in [-0.25, -0.2) is 0 Å². The molecule has 0 spiro atoms. The number of nitro benzene ring substituents is 1. The Morgan fingerprint density at radius 3 is 2.33 bits per heavy atom. The molecular formula is C17H23N3O4. The second-order valence-electron chi connectivity index (χ2n) is 6.56. The van der Waals surface area contributed by atoms with Crippen molar-refractivity contribution in [3.8, 4) is 0 Å². The summed E-state index contributed by atoms with van der Waals surface area (Å²) >= 11 is 0. The molecular weight excluding hydrogens is 310 g/mol. The number of rotatable bonds is 3. The molecule has 0 bridgehead atoms. The van der Waals surface area contributed by atoms with E-state index >= 15 is 0 Å². The summed E-state index contributed by atoms with van der Waals surface area (Å²) < 4.78 is 0. The van der Waals surface area contributed by atoms with Gasteiger partial charge in [-0.1, -0.05) is 12.1 Å². The van der Waals surface area contributed by atoms with Gasteiger partial charge in [-0.05, 0) is 31.7 Å². The summed E-state index contributed by atoms with van der Waals surface area (Å²) in [6.45, 7) is 2.56. The zero-order chi connectivity index (χ0) is 17.1. The topological polar surface area (TPSA) is 86.9 Å². The fraction of sp³-hybridized carbons (Fsp3) is 0.588. The number of amides is 1. The first kappa shape index (κ1) is 16.7. The molecule has 130 valence electrons. The highest BCUT2D eigenvalue weighted by atomic mass is 16.6. The van der Waals surface area contributed by atoms with Crippen LogP contribution in [-0.4, -0.2) is 53.1 Å². The van der Waals surface area contributed by atoms with E-state index in [4.69, 9.17) is 0 Å². The molecule has 0 unspecified atom stereocenters. The van der Waals surface area contributed by atoms with Crippen LogP contribution in [0.2, 0.25) is 0 Å². The van der Waals surface area contributed by atoms with Gasteiger partial charge < -0.3 is 14.9 Å². The number of hydrogen-bond acceptors (Lipinski definition) is 5. The number of anilines is 1. The van der Waals surface area contributed by atoms with Crippen molar-refractivity contribution in [2.24, 2.45) is 5.92 Å². The second kappa shape index (κ2) is 7.17. The third-order valence-corrected chi connectivity index (χ3v) is 5.04. The summed E-state index contributed by atoms with van der Waals surface area (Å²) in [6, 6.07) is 6.76. The Balaban J connectivity index is 1.60. The van der Waals surface area contributed by atoms with E-state index < -0.39 is 0 Å². The van der Waals surface area contributed by atoms with E-state index in [1.807, 2.05) is 9.80 Å². The zero-order valence-corrected chi connectivity index (χ0v) is 13.6. The summed E-state index contributed by atoms with van der Waals surface area (Å²) in [5.41, 5.74) is 0.752.